The number of carbonyl (C=O) groups is 2. The van der Waals surface area contributed by atoms with Crippen LogP contribution >= 0.6 is 0 Å². The SMILES string of the molecule is COc1ccc(C[C@H](C(=O)O)[C@@H](C)NC(=O)OCC2c3ccccc3-c3ccccc32)cc1. The van der Waals surface area contributed by atoms with Crippen molar-refractivity contribution in [2.24, 2.45) is 5.92 Å². The van der Waals surface area contributed by atoms with Gasteiger partial charge in [-0.3, -0.25) is 4.79 Å². The number of amides is 1. The predicted octanol–water partition coefficient (Wildman–Crippen LogP) is 4.87. The largest absolute Gasteiger partial charge is 0.497 e. The zero-order chi connectivity index (χ0) is 23.4. The van der Waals surface area contributed by atoms with Gasteiger partial charge in [0.2, 0.25) is 0 Å². The van der Waals surface area contributed by atoms with E-state index in [1.54, 1.807) is 26.2 Å². The monoisotopic (exact) mass is 445 g/mol. The van der Waals surface area contributed by atoms with Crippen molar-refractivity contribution in [2.45, 2.75) is 25.3 Å². The Morgan fingerprint density at radius 1 is 0.939 bits per heavy atom. The van der Waals surface area contributed by atoms with E-state index >= 15 is 0 Å². The number of hydrogen-bond donors (Lipinski definition) is 2. The molecule has 3 aromatic rings. The maximum atomic E-state index is 12.6. The molecule has 4 rings (SSSR count). The van der Waals surface area contributed by atoms with Gasteiger partial charge in [-0.2, -0.15) is 0 Å². The molecule has 6 nitrogen and oxygen atoms in total. The summed E-state index contributed by atoms with van der Waals surface area (Å²) >= 11 is 0. The molecule has 3 aromatic carbocycles. The van der Waals surface area contributed by atoms with Crippen LogP contribution in [0.25, 0.3) is 11.1 Å². The van der Waals surface area contributed by atoms with Crippen LogP contribution in [0, 0.1) is 5.92 Å². The minimum atomic E-state index is -0.975. The molecule has 1 aliphatic carbocycles. The first-order chi connectivity index (χ1) is 16.0. The molecule has 1 aliphatic rings. The third-order valence-corrected chi connectivity index (χ3v) is 6.22. The Morgan fingerprint density at radius 3 is 2.06 bits per heavy atom. The second-order valence-electron chi connectivity index (χ2n) is 8.26. The molecule has 2 N–H and O–H groups in total. The summed E-state index contributed by atoms with van der Waals surface area (Å²) in [6.45, 7) is 1.87. The number of ether oxygens (including phenoxy) is 2. The van der Waals surface area contributed by atoms with Crippen molar-refractivity contribution >= 4 is 12.1 Å². The van der Waals surface area contributed by atoms with E-state index in [2.05, 4.69) is 29.6 Å². The lowest BCUT2D eigenvalue weighted by molar-refractivity contribution is -0.142. The summed E-state index contributed by atoms with van der Waals surface area (Å²) in [5, 5.41) is 12.4. The van der Waals surface area contributed by atoms with E-state index in [-0.39, 0.29) is 18.9 Å². The molecule has 0 bridgehead atoms. The van der Waals surface area contributed by atoms with Gasteiger partial charge in [0.25, 0.3) is 0 Å². The van der Waals surface area contributed by atoms with Gasteiger partial charge in [-0.15, -0.1) is 0 Å². The van der Waals surface area contributed by atoms with Crippen LogP contribution in [0.15, 0.2) is 72.8 Å². The van der Waals surface area contributed by atoms with E-state index < -0.39 is 24.0 Å². The van der Waals surface area contributed by atoms with Gasteiger partial charge in [0, 0.05) is 12.0 Å². The van der Waals surface area contributed by atoms with E-state index in [1.165, 1.54) is 0 Å². The van der Waals surface area contributed by atoms with Crippen LogP contribution in [0.4, 0.5) is 4.79 Å². The molecule has 0 heterocycles. The van der Waals surface area contributed by atoms with E-state index in [1.807, 2.05) is 36.4 Å². The highest BCUT2D eigenvalue weighted by Gasteiger charge is 2.30. The summed E-state index contributed by atoms with van der Waals surface area (Å²) in [6.07, 6.45) is -0.338. The fraction of sp³-hybridized carbons (Fsp3) is 0.259. The standard InChI is InChI=1S/C27H27NO5/c1-17(24(26(29)30)15-18-11-13-19(32-2)14-12-18)28-27(31)33-16-25-22-9-5-3-7-20(22)21-8-4-6-10-23(21)25/h3-14,17,24-25H,15-16H2,1-2H3,(H,28,31)(H,29,30)/t17-,24+/m1/s1. The first kappa shape index (κ1) is 22.4. The molecule has 6 heteroatoms. The van der Waals surface area contributed by atoms with Gasteiger partial charge < -0.3 is 19.9 Å². The van der Waals surface area contributed by atoms with Crippen molar-refractivity contribution in [3.05, 3.63) is 89.5 Å². The number of carbonyl (C=O) groups excluding carboxylic acids is 1. The van der Waals surface area contributed by atoms with Crippen LogP contribution in [-0.4, -0.2) is 36.9 Å². The molecule has 0 aromatic heterocycles. The Bertz CT molecular complexity index is 1100. The second-order valence-corrected chi connectivity index (χ2v) is 8.26. The van der Waals surface area contributed by atoms with Gasteiger partial charge in [0.05, 0.1) is 13.0 Å². The molecule has 0 aliphatic heterocycles. The van der Waals surface area contributed by atoms with Crippen molar-refractivity contribution in [1.82, 2.24) is 5.32 Å². The van der Waals surface area contributed by atoms with Gasteiger partial charge in [0.15, 0.2) is 0 Å². The zero-order valence-electron chi connectivity index (χ0n) is 18.7. The number of hydrogen-bond acceptors (Lipinski definition) is 4. The summed E-state index contributed by atoms with van der Waals surface area (Å²) in [5.41, 5.74) is 5.41. The minimum Gasteiger partial charge on any atom is -0.497 e. The second kappa shape index (κ2) is 9.77. The highest BCUT2D eigenvalue weighted by atomic mass is 16.5. The van der Waals surface area contributed by atoms with Gasteiger partial charge in [0.1, 0.15) is 12.4 Å². The lowest BCUT2D eigenvalue weighted by Gasteiger charge is -2.22. The van der Waals surface area contributed by atoms with Gasteiger partial charge in [-0.05, 0) is 53.3 Å². The van der Waals surface area contributed by atoms with Crippen molar-refractivity contribution in [3.63, 3.8) is 0 Å². The topological polar surface area (TPSA) is 84.9 Å². The highest BCUT2D eigenvalue weighted by molar-refractivity contribution is 5.79. The molecule has 33 heavy (non-hydrogen) atoms. The molecule has 0 saturated carbocycles. The van der Waals surface area contributed by atoms with Crippen molar-refractivity contribution in [2.75, 3.05) is 13.7 Å². The zero-order valence-corrected chi connectivity index (χ0v) is 18.7. The number of carboxylic acids is 1. The van der Waals surface area contributed by atoms with Gasteiger partial charge in [-0.25, -0.2) is 4.79 Å². The Hall–Kier alpha value is -3.80. The summed E-state index contributed by atoms with van der Waals surface area (Å²) in [7, 11) is 1.58. The number of benzene rings is 3. The minimum absolute atomic E-state index is 0.0481. The lowest BCUT2D eigenvalue weighted by Crippen LogP contribution is -2.42. The number of carboxylic acid groups (broad SMARTS) is 1. The number of aliphatic carboxylic acids is 1. The van der Waals surface area contributed by atoms with E-state index in [0.29, 0.717) is 5.75 Å². The van der Waals surface area contributed by atoms with Crippen LogP contribution in [0.2, 0.25) is 0 Å². The highest BCUT2D eigenvalue weighted by Crippen LogP contribution is 2.44. The van der Waals surface area contributed by atoms with Gasteiger partial charge >= 0.3 is 12.1 Å². The molecular weight excluding hydrogens is 418 g/mol. The maximum absolute atomic E-state index is 12.6. The normalized spacial score (nSPS) is 14.0. The Balaban J connectivity index is 1.39. The quantitative estimate of drug-likeness (QED) is 0.517. The summed E-state index contributed by atoms with van der Waals surface area (Å²) in [4.78, 5) is 24.4. The van der Waals surface area contributed by atoms with Crippen LogP contribution in [0.5, 0.6) is 5.75 Å². The van der Waals surface area contributed by atoms with Crippen LogP contribution in [0.3, 0.4) is 0 Å². The number of alkyl carbamates (subject to hydrolysis) is 1. The van der Waals surface area contributed by atoms with E-state index in [9.17, 15) is 14.7 Å². The fourth-order valence-corrected chi connectivity index (χ4v) is 4.42. The summed E-state index contributed by atoms with van der Waals surface area (Å²) < 4.78 is 10.7. The average molecular weight is 446 g/mol. The third kappa shape index (κ3) is 4.85. The molecule has 0 saturated heterocycles. The fourth-order valence-electron chi connectivity index (χ4n) is 4.42. The first-order valence-corrected chi connectivity index (χ1v) is 10.9. The number of fused-ring (bicyclic) bond motifs is 3. The van der Waals surface area contributed by atoms with Gasteiger partial charge in [-0.1, -0.05) is 60.7 Å². The first-order valence-electron chi connectivity index (χ1n) is 10.9. The maximum Gasteiger partial charge on any atom is 0.407 e. The summed E-state index contributed by atoms with van der Waals surface area (Å²) in [6, 6.07) is 22.9. The Kier molecular flexibility index (Phi) is 6.63. The van der Waals surface area contributed by atoms with Crippen LogP contribution < -0.4 is 10.1 Å². The number of methoxy groups -OCH3 is 1. The molecule has 0 spiro atoms. The van der Waals surface area contributed by atoms with Crippen LogP contribution in [0.1, 0.15) is 29.5 Å². The number of nitrogens with one attached hydrogen (secondary N) is 1. The van der Waals surface area contributed by atoms with E-state index in [0.717, 1.165) is 27.8 Å². The van der Waals surface area contributed by atoms with Crippen molar-refractivity contribution in [1.29, 1.82) is 0 Å². The molecule has 2 atom stereocenters. The molecule has 0 unspecified atom stereocenters. The molecule has 0 fully saturated rings. The molecular formula is C27H27NO5. The average Bonchev–Trinajstić information content (AvgIpc) is 3.15. The lowest BCUT2D eigenvalue weighted by atomic mass is 9.93. The van der Waals surface area contributed by atoms with Crippen molar-refractivity contribution in [3.8, 4) is 16.9 Å². The Labute approximate surface area is 193 Å². The molecule has 1 amide bonds. The third-order valence-electron chi connectivity index (χ3n) is 6.22. The van der Waals surface area contributed by atoms with Crippen LogP contribution in [-0.2, 0) is 16.0 Å². The van der Waals surface area contributed by atoms with Crippen molar-refractivity contribution < 1.29 is 24.2 Å². The molecule has 170 valence electrons. The van der Waals surface area contributed by atoms with E-state index in [4.69, 9.17) is 9.47 Å². The number of rotatable bonds is 8. The predicted molar refractivity (Wildman–Crippen MR) is 125 cm³/mol. The molecule has 0 radical (unpaired) electrons. The smallest absolute Gasteiger partial charge is 0.407 e. The Morgan fingerprint density at radius 2 is 1.52 bits per heavy atom. The summed E-state index contributed by atoms with van der Waals surface area (Å²) in [5.74, 6) is -1.11.